The lowest BCUT2D eigenvalue weighted by Crippen LogP contribution is -2.24. The average Bonchev–Trinajstić information content (AvgIpc) is 3.19. The van der Waals surface area contributed by atoms with E-state index in [-0.39, 0.29) is 24.7 Å². The third-order valence-electron chi connectivity index (χ3n) is 4.96. The van der Waals surface area contributed by atoms with Crippen LogP contribution in [0.25, 0.3) is 6.08 Å². The number of methoxy groups -OCH3 is 2. The molecule has 0 aromatic heterocycles. The zero-order valence-electron chi connectivity index (χ0n) is 17.0. The van der Waals surface area contributed by atoms with Crippen molar-refractivity contribution in [3.8, 4) is 11.5 Å². The maximum absolute atomic E-state index is 12.4. The minimum absolute atomic E-state index is 0.0545. The molecule has 0 fully saturated rings. The number of hydrogen-bond donors (Lipinski definition) is 1. The molecule has 7 heteroatoms. The number of carbonyl (C=O) groups is 3. The molecular weight excluding hydrogens is 384 g/mol. The molecule has 0 radical (unpaired) electrons. The third-order valence-corrected chi connectivity index (χ3v) is 4.96. The molecule has 2 amide bonds. The van der Waals surface area contributed by atoms with Gasteiger partial charge in [0.05, 0.1) is 14.2 Å². The third kappa shape index (κ3) is 4.86. The molecule has 30 heavy (non-hydrogen) atoms. The molecule has 3 rings (SSSR count). The number of fused-ring (bicyclic) bond motifs is 1. The molecule has 1 N–H and O–H groups in total. The molecule has 0 atom stereocenters. The Balaban J connectivity index is 1.53. The van der Waals surface area contributed by atoms with Crippen LogP contribution in [0.4, 0.5) is 5.69 Å². The zero-order valence-corrected chi connectivity index (χ0v) is 17.0. The standard InChI is InChI=1S/C23H24N2O5/c1-29-19-5-7-22(30-2)18(14-19)4-8-23(28)24-11-9-21(27)17-3-6-20-16(13-17)10-12-25(20)15-26/h3-8,13-15H,9-12H2,1-2H3,(H,24,28)/b8-4+. The number of anilines is 1. The van der Waals surface area contributed by atoms with Crippen molar-refractivity contribution in [2.75, 3.05) is 32.2 Å². The smallest absolute Gasteiger partial charge is 0.244 e. The van der Waals surface area contributed by atoms with Crippen molar-refractivity contribution in [3.63, 3.8) is 0 Å². The van der Waals surface area contributed by atoms with Crippen molar-refractivity contribution in [1.82, 2.24) is 5.32 Å². The molecule has 0 aliphatic carbocycles. The van der Waals surface area contributed by atoms with Gasteiger partial charge in [0.25, 0.3) is 0 Å². The van der Waals surface area contributed by atoms with Gasteiger partial charge < -0.3 is 19.7 Å². The van der Waals surface area contributed by atoms with Crippen molar-refractivity contribution in [3.05, 3.63) is 59.2 Å². The first-order valence-electron chi connectivity index (χ1n) is 9.61. The minimum Gasteiger partial charge on any atom is -0.497 e. The SMILES string of the molecule is COc1ccc(OC)c(/C=C/C(=O)NCCC(=O)c2ccc3c(c2)CCN3C=O)c1. The Morgan fingerprint density at radius 3 is 2.70 bits per heavy atom. The maximum Gasteiger partial charge on any atom is 0.244 e. The summed E-state index contributed by atoms with van der Waals surface area (Å²) in [5.74, 6) is 0.927. The predicted molar refractivity (Wildman–Crippen MR) is 114 cm³/mol. The Morgan fingerprint density at radius 1 is 1.13 bits per heavy atom. The summed E-state index contributed by atoms with van der Waals surface area (Å²) in [6.07, 6.45) is 4.77. The van der Waals surface area contributed by atoms with Crippen LogP contribution >= 0.6 is 0 Å². The second-order valence-electron chi connectivity index (χ2n) is 6.80. The van der Waals surface area contributed by atoms with E-state index >= 15 is 0 Å². The number of amides is 2. The van der Waals surface area contributed by atoms with Gasteiger partial charge in [-0.05, 0) is 54.5 Å². The van der Waals surface area contributed by atoms with Gasteiger partial charge in [0.15, 0.2) is 5.78 Å². The lowest BCUT2D eigenvalue weighted by molar-refractivity contribution is -0.116. The number of rotatable bonds is 9. The van der Waals surface area contributed by atoms with Gasteiger partial charge in [-0.3, -0.25) is 14.4 Å². The van der Waals surface area contributed by atoms with E-state index in [9.17, 15) is 14.4 Å². The van der Waals surface area contributed by atoms with Gasteiger partial charge in [0.2, 0.25) is 12.3 Å². The van der Waals surface area contributed by atoms with Crippen molar-refractivity contribution in [2.24, 2.45) is 0 Å². The van der Waals surface area contributed by atoms with Gasteiger partial charge in [0.1, 0.15) is 11.5 Å². The van der Waals surface area contributed by atoms with E-state index in [1.807, 2.05) is 6.07 Å². The molecule has 7 nitrogen and oxygen atoms in total. The summed E-state index contributed by atoms with van der Waals surface area (Å²) in [7, 11) is 3.12. The van der Waals surface area contributed by atoms with E-state index in [1.54, 1.807) is 55.5 Å². The molecule has 2 aromatic carbocycles. The van der Waals surface area contributed by atoms with Crippen LogP contribution in [0.2, 0.25) is 0 Å². The van der Waals surface area contributed by atoms with Crippen LogP contribution in [-0.2, 0) is 16.0 Å². The first-order chi connectivity index (χ1) is 14.5. The highest BCUT2D eigenvalue weighted by Gasteiger charge is 2.19. The first kappa shape index (κ1) is 21.1. The number of nitrogens with one attached hydrogen (secondary N) is 1. The minimum atomic E-state index is -0.303. The van der Waals surface area contributed by atoms with Gasteiger partial charge in [0, 0.05) is 42.4 Å². The van der Waals surface area contributed by atoms with Gasteiger partial charge in [-0.1, -0.05) is 0 Å². The van der Waals surface area contributed by atoms with Crippen LogP contribution in [0.5, 0.6) is 11.5 Å². The summed E-state index contributed by atoms with van der Waals surface area (Å²) in [6.45, 7) is 0.867. The van der Waals surface area contributed by atoms with E-state index in [1.165, 1.54) is 6.08 Å². The molecule has 0 unspecified atom stereocenters. The van der Waals surface area contributed by atoms with Crippen LogP contribution in [0.3, 0.4) is 0 Å². The molecule has 2 aromatic rings. The van der Waals surface area contributed by atoms with Gasteiger partial charge in [-0.15, -0.1) is 0 Å². The summed E-state index contributed by atoms with van der Waals surface area (Å²) >= 11 is 0. The number of benzene rings is 2. The van der Waals surface area contributed by atoms with E-state index in [0.717, 1.165) is 24.1 Å². The molecule has 0 saturated heterocycles. The summed E-state index contributed by atoms with van der Waals surface area (Å²) in [5, 5.41) is 2.71. The summed E-state index contributed by atoms with van der Waals surface area (Å²) < 4.78 is 10.5. The normalized spacial score (nSPS) is 12.5. The lowest BCUT2D eigenvalue weighted by Gasteiger charge is -2.10. The van der Waals surface area contributed by atoms with E-state index in [2.05, 4.69) is 5.32 Å². The fourth-order valence-corrected chi connectivity index (χ4v) is 3.35. The Bertz CT molecular complexity index is 984. The summed E-state index contributed by atoms with van der Waals surface area (Å²) in [4.78, 5) is 37.2. The Hall–Kier alpha value is -3.61. The largest absolute Gasteiger partial charge is 0.497 e. The molecule has 0 saturated carbocycles. The van der Waals surface area contributed by atoms with Crippen molar-refractivity contribution in [2.45, 2.75) is 12.8 Å². The number of ketones is 1. The predicted octanol–water partition coefficient (Wildman–Crippen LogP) is 2.63. The van der Waals surface area contributed by atoms with Crippen LogP contribution in [0.1, 0.15) is 27.9 Å². The number of hydrogen-bond acceptors (Lipinski definition) is 5. The molecular formula is C23H24N2O5. The summed E-state index contributed by atoms with van der Waals surface area (Å²) in [6, 6.07) is 10.7. The van der Waals surface area contributed by atoms with Crippen molar-refractivity contribution >= 4 is 29.9 Å². The highest BCUT2D eigenvalue weighted by molar-refractivity contribution is 5.98. The number of ether oxygens (including phenoxy) is 2. The van der Waals surface area contributed by atoms with E-state index < -0.39 is 0 Å². The molecule has 156 valence electrons. The fraction of sp³-hybridized carbons (Fsp3) is 0.261. The molecule has 1 heterocycles. The zero-order chi connectivity index (χ0) is 21.5. The Morgan fingerprint density at radius 2 is 1.97 bits per heavy atom. The van der Waals surface area contributed by atoms with Crippen LogP contribution in [0.15, 0.2) is 42.5 Å². The average molecular weight is 408 g/mol. The highest BCUT2D eigenvalue weighted by Crippen LogP contribution is 2.28. The second kappa shape index (κ2) is 9.73. The van der Waals surface area contributed by atoms with Crippen LogP contribution in [0, 0.1) is 0 Å². The van der Waals surface area contributed by atoms with Crippen molar-refractivity contribution < 1.29 is 23.9 Å². The highest BCUT2D eigenvalue weighted by atomic mass is 16.5. The lowest BCUT2D eigenvalue weighted by atomic mass is 10.0. The Labute approximate surface area is 175 Å². The van der Waals surface area contributed by atoms with Gasteiger partial charge >= 0.3 is 0 Å². The fourth-order valence-electron chi connectivity index (χ4n) is 3.35. The number of nitrogens with zero attached hydrogens (tertiary/aromatic N) is 1. The first-order valence-corrected chi connectivity index (χ1v) is 9.61. The maximum atomic E-state index is 12.4. The van der Waals surface area contributed by atoms with Gasteiger partial charge in [-0.25, -0.2) is 0 Å². The second-order valence-corrected chi connectivity index (χ2v) is 6.80. The number of Topliss-reactive ketones (excluding diaryl/α,β-unsaturated/α-hetero) is 1. The summed E-state index contributed by atoms with van der Waals surface area (Å²) in [5.41, 5.74) is 3.15. The Kier molecular flexibility index (Phi) is 6.85. The van der Waals surface area contributed by atoms with Gasteiger partial charge in [-0.2, -0.15) is 0 Å². The molecule has 0 spiro atoms. The topological polar surface area (TPSA) is 84.9 Å². The molecule has 1 aliphatic heterocycles. The monoisotopic (exact) mass is 408 g/mol. The van der Waals surface area contributed by atoms with E-state index in [4.69, 9.17) is 9.47 Å². The molecule has 1 aliphatic rings. The van der Waals surface area contributed by atoms with Crippen molar-refractivity contribution in [1.29, 1.82) is 0 Å². The van der Waals surface area contributed by atoms with E-state index in [0.29, 0.717) is 29.2 Å². The van der Waals surface area contributed by atoms with Crippen LogP contribution < -0.4 is 19.7 Å². The molecule has 0 bridgehead atoms. The van der Waals surface area contributed by atoms with Crippen LogP contribution in [-0.4, -0.2) is 45.4 Å². The quantitative estimate of drug-likeness (QED) is 0.392. The number of carbonyl (C=O) groups excluding carboxylic acids is 3.